The Hall–Kier alpha value is -0.900. The molecule has 1 saturated carbocycles. The first-order chi connectivity index (χ1) is 10.1. The van der Waals surface area contributed by atoms with Gasteiger partial charge in [0.05, 0.1) is 5.60 Å². The number of hydrogen-bond donors (Lipinski definition) is 1. The van der Waals surface area contributed by atoms with Crippen LogP contribution in [0.1, 0.15) is 38.2 Å². The first-order valence-electron chi connectivity index (χ1n) is 7.90. The van der Waals surface area contributed by atoms with Gasteiger partial charge < -0.3 is 10.5 Å². The van der Waals surface area contributed by atoms with E-state index in [0.717, 1.165) is 25.2 Å². The van der Waals surface area contributed by atoms with Gasteiger partial charge in [-0.15, -0.1) is 11.3 Å². The second-order valence-corrected chi connectivity index (χ2v) is 7.43. The predicted molar refractivity (Wildman–Crippen MR) is 90.9 cm³/mol. The first-order valence-corrected chi connectivity index (χ1v) is 8.78. The molecule has 1 aromatic heterocycles. The first kappa shape index (κ1) is 15.0. The zero-order valence-electron chi connectivity index (χ0n) is 13.0. The highest BCUT2D eigenvalue weighted by Crippen LogP contribution is 2.38. The third kappa shape index (κ3) is 2.87. The van der Waals surface area contributed by atoms with Gasteiger partial charge in [0, 0.05) is 17.9 Å². The van der Waals surface area contributed by atoms with Crippen LogP contribution in [0.2, 0.25) is 0 Å². The number of nitrogens with two attached hydrogens (primary N) is 1. The highest BCUT2D eigenvalue weighted by atomic mass is 32.1. The maximum absolute atomic E-state index is 6.60. The van der Waals surface area contributed by atoms with Crippen LogP contribution in [0.5, 0.6) is 0 Å². The molecular weight excluding hydrogens is 278 g/mol. The molecule has 0 aliphatic heterocycles. The van der Waals surface area contributed by atoms with Crippen molar-refractivity contribution >= 4 is 21.4 Å². The lowest BCUT2D eigenvalue weighted by Crippen LogP contribution is -2.52. The molecule has 0 saturated heterocycles. The number of fused-ring (bicyclic) bond motifs is 1. The number of thiophene rings is 1. The van der Waals surface area contributed by atoms with Gasteiger partial charge in [0.1, 0.15) is 0 Å². The number of ether oxygens (including phenoxy) is 1. The second-order valence-electron chi connectivity index (χ2n) is 6.52. The maximum atomic E-state index is 6.60. The van der Waals surface area contributed by atoms with Crippen LogP contribution in [0.25, 0.3) is 10.1 Å². The lowest BCUT2D eigenvalue weighted by molar-refractivity contribution is -0.0658. The Morgan fingerprint density at radius 1 is 1.33 bits per heavy atom. The molecule has 2 nitrogen and oxygen atoms in total. The van der Waals surface area contributed by atoms with E-state index in [1.165, 1.54) is 28.5 Å². The molecule has 1 heterocycles. The topological polar surface area (TPSA) is 35.2 Å². The Balaban J connectivity index is 1.80. The van der Waals surface area contributed by atoms with Crippen molar-refractivity contribution in [2.24, 2.45) is 11.7 Å². The molecule has 1 fully saturated rings. The van der Waals surface area contributed by atoms with Crippen molar-refractivity contribution in [3.05, 3.63) is 35.2 Å². The monoisotopic (exact) mass is 303 g/mol. The van der Waals surface area contributed by atoms with E-state index < -0.39 is 0 Å². The van der Waals surface area contributed by atoms with Gasteiger partial charge in [0.2, 0.25) is 0 Å². The minimum atomic E-state index is -0.129. The van der Waals surface area contributed by atoms with Crippen molar-refractivity contribution in [2.75, 3.05) is 7.11 Å². The van der Waals surface area contributed by atoms with Crippen molar-refractivity contribution < 1.29 is 4.74 Å². The summed E-state index contributed by atoms with van der Waals surface area (Å²) in [6, 6.07) is 8.67. The van der Waals surface area contributed by atoms with Gasteiger partial charge in [0.15, 0.2) is 0 Å². The molecule has 21 heavy (non-hydrogen) atoms. The summed E-state index contributed by atoms with van der Waals surface area (Å²) in [4.78, 5) is 0. The van der Waals surface area contributed by atoms with Gasteiger partial charge in [-0.1, -0.05) is 25.1 Å². The smallest absolute Gasteiger partial charge is 0.0832 e. The fourth-order valence-corrected chi connectivity index (χ4v) is 4.57. The minimum absolute atomic E-state index is 0.0769. The maximum Gasteiger partial charge on any atom is 0.0832 e. The van der Waals surface area contributed by atoms with E-state index in [-0.39, 0.29) is 11.6 Å². The Bertz CT molecular complexity index is 598. The van der Waals surface area contributed by atoms with E-state index in [1.807, 2.05) is 18.4 Å². The Labute approximate surface area is 131 Å². The van der Waals surface area contributed by atoms with E-state index in [2.05, 4.69) is 36.6 Å². The fraction of sp³-hybridized carbons (Fsp3) is 0.556. The molecule has 0 amide bonds. The molecule has 3 rings (SSSR count). The predicted octanol–water partition coefficient (Wildman–Crippen LogP) is 4.37. The normalized spacial score (nSPS) is 27.9. The fourth-order valence-electron chi connectivity index (χ4n) is 3.59. The Kier molecular flexibility index (Phi) is 4.34. The van der Waals surface area contributed by atoms with Crippen molar-refractivity contribution in [3.8, 4) is 0 Å². The summed E-state index contributed by atoms with van der Waals surface area (Å²) in [5.41, 5.74) is 7.85. The van der Waals surface area contributed by atoms with E-state index >= 15 is 0 Å². The van der Waals surface area contributed by atoms with E-state index in [0.29, 0.717) is 0 Å². The molecule has 3 heteroatoms. The largest absolute Gasteiger partial charge is 0.377 e. The van der Waals surface area contributed by atoms with E-state index in [1.54, 1.807) is 0 Å². The average Bonchev–Trinajstić information content (AvgIpc) is 2.92. The second kappa shape index (κ2) is 6.07. The summed E-state index contributed by atoms with van der Waals surface area (Å²) in [7, 11) is 1.83. The lowest BCUT2D eigenvalue weighted by Gasteiger charge is -2.42. The quantitative estimate of drug-likeness (QED) is 0.910. The SMILES string of the molecule is COC1(C(N)Cc2csc3ccccc23)CCC(C)CC1. The molecule has 1 unspecified atom stereocenters. The van der Waals surface area contributed by atoms with Crippen LogP contribution in [-0.4, -0.2) is 18.8 Å². The van der Waals surface area contributed by atoms with Gasteiger partial charge in [-0.05, 0) is 60.4 Å². The molecule has 1 aliphatic rings. The number of hydrogen-bond acceptors (Lipinski definition) is 3. The number of benzene rings is 1. The molecular formula is C18H25NOS. The molecule has 1 atom stereocenters. The van der Waals surface area contributed by atoms with Crippen molar-refractivity contribution in [1.82, 2.24) is 0 Å². The molecule has 1 aliphatic carbocycles. The Morgan fingerprint density at radius 2 is 2.05 bits per heavy atom. The van der Waals surface area contributed by atoms with Gasteiger partial charge in [-0.2, -0.15) is 0 Å². The third-order valence-corrected chi connectivity index (χ3v) is 6.22. The highest BCUT2D eigenvalue weighted by molar-refractivity contribution is 7.17. The van der Waals surface area contributed by atoms with Crippen LogP contribution in [0.15, 0.2) is 29.6 Å². The zero-order valence-corrected chi connectivity index (χ0v) is 13.8. The highest BCUT2D eigenvalue weighted by Gasteiger charge is 2.39. The number of methoxy groups -OCH3 is 1. The van der Waals surface area contributed by atoms with Crippen LogP contribution in [0, 0.1) is 5.92 Å². The molecule has 114 valence electrons. The standard InChI is InChI=1S/C18H25NOS/c1-13-7-9-18(20-2,10-8-13)17(19)11-14-12-21-16-6-4-3-5-15(14)16/h3-6,12-13,17H,7-11,19H2,1-2H3. The molecule has 1 aromatic carbocycles. The summed E-state index contributed by atoms with van der Waals surface area (Å²) < 4.78 is 7.28. The molecule has 0 radical (unpaired) electrons. The zero-order chi connectivity index (χ0) is 14.9. The van der Waals surface area contributed by atoms with E-state index in [4.69, 9.17) is 10.5 Å². The van der Waals surface area contributed by atoms with Crippen LogP contribution >= 0.6 is 11.3 Å². The molecule has 0 spiro atoms. The van der Waals surface area contributed by atoms with Gasteiger partial charge in [0.25, 0.3) is 0 Å². The lowest BCUT2D eigenvalue weighted by atomic mass is 9.74. The van der Waals surface area contributed by atoms with Gasteiger partial charge in [-0.3, -0.25) is 0 Å². The summed E-state index contributed by atoms with van der Waals surface area (Å²) in [6.07, 6.45) is 5.55. The minimum Gasteiger partial charge on any atom is -0.377 e. The third-order valence-electron chi connectivity index (χ3n) is 5.20. The van der Waals surface area contributed by atoms with Crippen LogP contribution < -0.4 is 5.73 Å². The average molecular weight is 303 g/mol. The summed E-state index contributed by atoms with van der Waals surface area (Å²) >= 11 is 1.81. The Morgan fingerprint density at radius 3 is 2.76 bits per heavy atom. The number of rotatable bonds is 4. The van der Waals surface area contributed by atoms with Crippen LogP contribution in [0.3, 0.4) is 0 Å². The van der Waals surface area contributed by atoms with Crippen LogP contribution in [-0.2, 0) is 11.2 Å². The van der Waals surface area contributed by atoms with Gasteiger partial charge in [-0.25, -0.2) is 0 Å². The molecule has 2 aromatic rings. The summed E-state index contributed by atoms with van der Waals surface area (Å²) in [5, 5.41) is 3.62. The van der Waals surface area contributed by atoms with Crippen LogP contribution in [0.4, 0.5) is 0 Å². The summed E-state index contributed by atoms with van der Waals surface area (Å²) in [5.74, 6) is 0.808. The molecule has 2 N–H and O–H groups in total. The summed E-state index contributed by atoms with van der Waals surface area (Å²) in [6.45, 7) is 2.33. The van der Waals surface area contributed by atoms with E-state index in [9.17, 15) is 0 Å². The van der Waals surface area contributed by atoms with Crippen molar-refractivity contribution in [1.29, 1.82) is 0 Å². The van der Waals surface area contributed by atoms with Crippen molar-refractivity contribution in [2.45, 2.75) is 50.7 Å². The van der Waals surface area contributed by atoms with Gasteiger partial charge >= 0.3 is 0 Å². The molecule has 0 bridgehead atoms. The van der Waals surface area contributed by atoms with Crippen molar-refractivity contribution in [3.63, 3.8) is 0 Å².